The number of nitrogens with zero attached hydrogens (tertiary/aromatic N) is 1. The summed E-state index contributed by atoms with van der Waals surface area (Å²) < 4.78 is 0. The van der Waals surface area contributed by atoms with Gasteiger partial charge in [-0.15, -0.1) is 0 Å². The summed E-state index contributed by atoms with van der Waals surface area (Å²) in [6, 6.07) is 1.47. The Labute approximate surface area is 80.1 Å². The Morgan fingerprint density at radius 1 is 1.54 bits per heavy atom. The summed E-state index contributed by atoms with van der Waals surface area (Å²) in [6.45, 7) is 7.16. The van der Waals surface area contributed by atoms with Gasteiger partial charge in [-0.05, 0) is 26.7 Å². The highest BCUT2D eigenvalue weighted by Gasteiger charge is 2.37. The number of fused-ring (bicyclic) bond motifs is 2. The summed E-state index contributed by atoms with van der Waals surface area (Å²) in [7, 11) is 0. The first-order valence-electron chi connectivity index (χ1n) is 5.24. The third-order valence-corrected chi connectivity index (χ3v) is 3.18. The lowest BCUT2D eigenvalue weighted by Gasteiger charge is -2.29. The molecule has 0 aromatic carbocycles. The predicted molar refractivity (Wildman–Crippen MR) is 52.7 cm³/mol. The maximum absolute atomic E-state index is 9.61. The monoisotopic (exact) mass is 184 g/mol. The van der Waals surface area contributed by atoms with Crippen LogP contribution in [-0.4, -0.2) is 47.3 Å². The molecule has 0 aromatic heterocycles. The molecule has 0 amide bonds. The van der Waals surface area contributed by atoms with Crippen molar-refractivity contribution in [1.29, 1.82) is 0 Å². The number of aliphatic hydroxyl groups is 1. The highest BCUT2D eigenvalue weighted by Crippen LogP contribution is 2.24. The van der Waals surface area contributed by atoms with Crippen LogP contribution in [0.2, 0.25) is 0 Å². The molecule has 2 bridgehead atoms. The SMILES string of the molecule is CC(C)(O)CCN1CC2CC1CN2. The number of hydrogen-bond donors (Lipinski definition) is 2. The molecule has 0 aromatic rings. The van der Waals surface area contributed by atoms with Crippen molar-refractivity contribution >= 4 is 0 Å². The molecule has 2 N–H and O–H groups in total. The molecule has 2 unspecified atom stereocenters. The van der Waals surface area contributed by atoms with Crippen LogP contribution in [0.25, 0.3) is 0 Å². The van der Waals surface area contributed by atoms with Crippen molar-refractivity contribution in [3.8, 4) is 0 Å². The smallest absolute Gasteiger partial charge is 0.0603 e. The third-order valence-electron chi connectivity index (χ3n) is 3.18. The Kier molecular flexibility index (Phi) is 2.34. The van der Waals surface area contributed by atoms with E-state index in [1.54, 1.807) is 0 Å². The molecule has 2 atom stereocenters. The van der Waals surface area contributed by atoms with Crippen LogP contribution in [0.5, 0.6) is 0 Å². The lowest BCUT2D eigenvalue weighted by molar-refractivity contribution is 0.0542. The van der Waals surface area contributed by atoms with Gasteiger partial charge in [0.05, 0.1) is 5.60 Å². The minimum absolute atomic E-state index is 0.505. The average molecular weight is 184 g/mol. The minimum Gasteiger partial charge on any atom is -0.390 e. The number of piperazine rings is 1. The molecular weight excluding hydrogens is 164 g/mol. The van der Waals surface area contributed by atoms with Crippen LogP contribution < -0.4 is 5.32 Å². The van der Waals surface area contributed by atoms with Crippen molar-refractivity contribution in [3.63, 3.8) is 0 Å². The molecule has 0 aliphatic carbocycles. The summed E-state index contributed by atoms with van der Waals surface area (Å²) in [5, 5.41) is 13.1. The molecule has 3 heteroatoms. The van der Waals surface area contributed by atoms with Gasteiger partial charge >= 0.3 is 0 Å². The van der Waals surface area contributed by atoms with Gasteiger partial charge in [-0.25, -0.2) is 0 Å². The standard InChI is InChI=1S/C10H20N2O/c1-10(2,13)3-4-12-7-8-5-9(12)6-11-8/h8-9,11,13H,3-7H2,1-2H3. The second-order valence-corrected chi connectivity index (χ2v) is 5.05. The van der Waals surface area contributed by atoms with Crippen molar-refractivity contribution in [1.82, 2.24) is 10.2 Å². The lowest BCUT2D eigenvalue weighted by atomic mass is 10.1. The largest absolute Gasteiger partial charge is 0.390 e. The van der Waals surface area contributed by atoms with Crippen molar-refractivity contribution in [2.45, 2.75) is 44.4 Å². The van der Waals surface area contributed by atoms with Crippen molar-refractivity contribution in [3.05, 3.63) is 0 Å². The Balaban J connectivity index is 1.78. The van der Waals surface area contributed by atoms with Crippen LogP contribution in [0.3, 0.4) is 0 Å². The fourth-order valence-corrected chi connectivity index (χ4v) is 2.34. The molecule has 2 saturated heterocycles. The molecule has 0 spiro atoms. The summed E-state index contributed by atoms with van der Waals surface area (Å²) in [5.74, 6) is 0. The first kappa shape index (κ1) is 9.44. The Morgan fingerprint density at radius 3 is 2.77 bits per heavy atom. The van der Waals surface area contributed by atoms with Gasteiger partial charge in [0.25, 0.3) is 0 Å². The number of likely N-dealkylation sites (tertiary alicyclic amines) is 1. The third kappa shape index (κ3) is 2.22. The maximum Gasteiger partial charge on any atom is 0.0603 e. The first-order chi connectivity index (χ1) is 6.04. The zero-order chi connectivity index (χ0) is 9.47. The van der Waals surface area contributed by atoms with Crippen molar-refractivity contribution in [2.24, 2.45) is 0 Å². The van der Waals surface area contributed by atoms with E-state index in [1.165, 1.54) is 13.0 Å². The van der Waals surface area contributed by atoms with E-state index in [9.17, 15) is 5.11 Å². The molecule has 13 heavy (non-hydrogen) atoms. The fourth-order valence-electron chi connectivity index (χ4n) is 2.34. The average Bonchev–Trinajstić information content (AvgIpc) is 2.58. The van der Waals surface area contributed by atoms with E-state index in [-0.39, 0.29) is 0 Å². The molecule has 2 aliphatic heterocycles. The number of hydrogen-bond acceptors (Lipinski definition) is 3. The van der Waals surface area contributed by atoms with E-state index in [0.717, 1.165) is 31.6 Å². The van der Waals surface area contributed by atoms with E-state index >= 15 is 0 Å². The van der Waals surface area contributed by atoms with E-state index in [2.05, 4.69) is 10.2 Å². The van der Waals surface area contributed by atoms with Gasteiger partial charge in [0, 0.05) is 31.7 Å². The zero-order valence-corrected chi connectivity index (χ0v) is 8.58. The second-order valence-electron chi connectivity index (χ2n) is 5.05. The zero-order valence-electron chi connectivity index (χ0n) is 8.58. The van der Waals surface area contributed by atoms with Crippen molar-refractivity contribution < 1.29 is 5.11 Å². The first-order valence-corrected chi connectivity index (χ1v) is 5.24. The van der Waals surface area contributed by atoms with E-state index in [1.807, 2.05) is 13.8 Å². The van der Waals surface area contributed by atoms with E-state index < -0.39 is 5.60 Å². The normalized spacial score (nSPS) is 34.4. The summed E-state index contributed by atoms with van der Waals surface area (Å²) in [5.41, 5.74) is -0.505. The summed E-state index contributed by atoms with van der Waals surface area (Å²) in [6.07, 6.45) is 2.20. The number of nitrogens with one attached hydrogen (secondary N) is 1. The Hall–Kier alpha value is -0.120. The van der Waals surface area contributed by atoms with Crippen LogP contribution in [0.4, 0.5) is 0 Å². The van der Waals surface area contributed by atoms with Crippen LogP contribution in [-0.2, 0) is 0 Å². The van der Waals surface area contributed by atoms with Crippen molar-refractivity contribution in [2.75, 3.05) is 19.6 Å². The van der Waals surface area contributed by atoms with Gasteiger partial charge in [-0.3, -0.25) is 4.90 Å². The molecule has 3 nitrogen and oxygen atoms in total. The number of rotatable bonds is 3. The molecule has 0 saturated carbocycles. The van der Waals surface area contributed by atoms with Gasteiger partial charge in [0.15, 0.2) is 0 Å². The van der Waals surface area contributed by atoms with Crippen LogP contribution in [0, 0.1) is 0 Å². The van der Waals surface area contributed by atoms with E-state index in [0.29, 0.717) is 0 Å². The lowest BCUT2D eigenvalue weighted by Crippen LogP contribution is -2.45. The molecule has 2 fully saturated rings. The second kappa shape index (κ2) is 3.23. The van der Waals surface area contributed by atoms with Gasteiger partial charge in [-0.2, -0.15) is 0 Å². The maximum atomic E-state index is 9.61. The van der Waals surface area contributed by atoms with Crippen LogP contribution >= 0.6 is 0 Å². The van der Waals surface area contributed by atoms with Gasteiger partial charge in [0.2, 0.25) is 0 Å². The predicted octanol–water partition coefficient (Wildman–Crippen LogP) is 0.194. The highest BCUT2D eigenvalue weighted by atomic mass is 16.3. The molecule has 2 heterocycles. The summed E-state index contributed by atoms with van der Waals surface area (Å²) >= 11 is 0. The Morgan fingerprint density at radius 2 is 2.31 bits per heavy atom. The highest BCUT2D eigenvalue weighted by molar-refractivity contribution is 4.97. The van der Waals surface area contributed by atoms with Gasteiger partial charge in [-0.1, -0.05) is 0 Å². The Bertz CT molecular complexity index is 188. The summed E-state index contributed by atoms with van der Waals surface area (Å²) in [4.78, 5) is 2.51. The van der Waals surface area contributed by atoms with Crippen LogP contribution in [0.1, 0.15) is 26.7 Å². The fraction of sp³-hybridized carbons (Fsp3) is 1.00. The topological polar surface area (TPSA) is 35.5 Å². The molecule has 76 valence electrons. The molecule has 2 rings (SSSR count). The van der Waals surface area contributed by atoms with E-state index in [4.69, 9.17) is 0 Å². The molecule has 0 radical (unpaired) electrons. The van der Waals surface area contributed by atoms with Gasteiger partial charge in [0.1, 0.15) is 0 Å². The molecule has 2 aliphatic rings. The molecular formula is C10H20N2O. The van der Waals surface area contributed by atoms with Crippen LogP contribution in [0.15, 0.2) is 0 Å². The minimum atomic E-state index is -0.505. The van der Waals surface area contributed by atoms with Gasteiger partial charge < -0.3 is 10.4 Å². The quantitative estimate of drug-likeness (QED) is 0.657.